The number of nitrogens with zero attached hydrogens (tertiary/aromatic N) is 2. The first kappa shape index (κ1) is 22.2. The fourth-order valence-corrected chi connectivity index (χ4v) is 4.69. The van der Waals surface area contributed by atoms with Gasteiger partial charge in [-0.2, -0.15) is 0 Å². The molecule has 2 aromatic carbocycles. The average molecular weight is 467 g/mol. The Balaban J connectivity index is 1.66. The maximum Gasteiger partial charge on any atom is 0.264 e. The van der Waals surface area contributed by atoms with Crippen LogP contribution in [0.4, 0.5) is 5.69 Å². The van der Waals surface area contributed by atoms with Gasteiger partial charge in [0.1, 0.15) is 6.04 Å². The van der Waals surface area contributed by atoms with E-state index in [0.717, 1.165) is 11.1 Å². The molecule has 0 bridgehead atoms. The smallest absolute Gasteiger partial charge is 0.264 e. The van der Waals surface area contributed by atoms with E-state index in [2.05, 4.69) is 13.8 Å². The van der Waals surface area contributed by atoms with Gasteiger partial charge in [-0.05, 0) is 46.7 Å². The number of hydrogen-bond donors (Lipinski definition) is 0. The van der Waals surface area contributed by atoms with Crippen LogP contribution in [-0.4, -0.2) is 28.7 Å². The number of halogens is 1. The quantitative estimate of drug-likeness (QED) is 0.451. The summed E-state index contributed by atoms with van der Waals surface area (Å²) in [5.41, 5.74) is 2.37. The van der Waals surface area contributed by atoms with Crippen molar-refractivity contribution in [3.8, 4) is 0 Å². The van der Waals surface area contributed by atoms with Gasteiger partial charge in [0, 0.05) is 11.6 Å². The molecule has 0 aliphatic carbocycles. The third-order valence-electron chi connectivity index (χ3n) is 5.61. The van der Waals surface area contributed by atoms with Crippen molar-refractivity contribution >= 4 is 46.3 Å². The van der Waals surface area contributed by atoms with Crippen molar-refractivity contribution < 1.29 is 14.4 Å². The summed E-state index contributed by atoms with van der Waals surface area (Å²) in [6.07, 6.45) is -0.0632. The lowest BCUT2D eigenvalue weighted by Crippen LogP contribution is -2.45. The summed E-state index contributed by atoms with van der Waals surface area (Å²) in [4.78, 5) is 42.8. The first-order valence-corrected chi connectivity index (χ1v) is 11.7. The van der Waals surface area contributed by atoms with Gasteiger partial charge in [0.25, 0.3) is 11.8 Å². The predicted molar refractivity (Wildman–Crippen MR) is 127 cm³/mol. The molecule has 1 aliphatic heterocycles. The van der Waals surface area contributed by atoms with Crippen LogP contribution in [0.2, 0.25) is 5.02 Å². The third-order valence-corrected chi connectivity index (χ3v) is 6.83. The van der Waals surface area contributed by atoms with E-state index in [1.807, 2.05) is 35.7 Å². The molecule has 32 heavy (non-hydrogen) atoms. The molecule has 1 fully saturated rings. The largest absolute Gasteiger partial charge is 0.321 e. The van der Waals surface area contributed by atoms with Crippen LogP contribution in [0.25, 0.3) is 0 Å². The van der Waals surface area contributed by atoms with E-state index in [-0.39, 0.29) is 24.8 Å². The van der Waals surface area contributed by atoms with Gasteiger partial charge in [0.05, 0.1) is 17.0 Å². The van der Waals surface area contributed by atoms with E-state index in [4.69, 9.17) is 11.6 Å². The Labute approximate surface area is 196 Å². The molecule has 0 spiro atoms. The van der Waals surface area contributed by atoms with E-state index in [1.165, 1.54) is 21.1 Å². The molecule has 3 amide bonds. The second-order valence-corrected chi connectivity index (χ2v) is 9.39. The van der Waals surface area contributed by atoms with Crippen LogP contribution in [0.15, 0.2) is 66.0 Å². The lowest BCUT2D eigenvalue weighted by molar-refractivity contribution is -0.122. The zero-order chi connectivity index (χ0) is 22.8. The van der Waals surface area contributed by atoms with Gasteiger partial charge < -0.3 is 4.90 Å². The highest BCUT2D eigenvalue weighted by Crippen LogP contribution is 2.30. The van der Waals surface area contributed by atoms with Crippen LogP contribution >= 0.6 is 22.9 Å². The van der Waals surface area contributed by atoms with Gasteiger partial charge in [0.2, 0.25) is 5.91 Å². The van der Waals surface area contributed by atoms with Crippen molar-refractivity contribution in [1.82, 2.24) is 4.90 Å². The van der Waals surface area contributed by atoms with Crippen LogP contribution in [-0.2, 0) is 16.1 Å². The van der Waals surface area contributed by atoms with Crippen LogP contribution in [0.3, 0.4) is 0 Å². The highest BCUT2D eigenvalue weighted by Gasteiger charge is 2.44. The topological polar surface area (TPSA) is 57.7 Å². The van der Waals surface area contributed by atoms with E-state index >= 15 is 0 Å². The lowest BCUT2D eigenvalue weighted by atomic mass is 10.0. The minimum Gasteiger partial charge on any atom is -0.321 e. The summed E-state index contributed by atoms with van der Waals surface area (Å²) in [5, 5.41) is 2.32. The highest BCUT2D eigenvalue weighted by atomic mass is 35.5. The number of benzene rings is 2. The lowest BCUT2D eigenvalue weighted by Gasteiger charge is -2.27. The molecule has 2 heterocycles. The van der Waals surface area contributed by atoms with Crippen molar-refractivity contribution in [2.24, 2.45) is 0 Å². The van der Waals surface area contributed by atoms with E-state index in [1.54, 1.807) is 30.3 Å². The number of imide groups is 1. The van der Waals surface area contributed by atoms with Crippen LogP contribution < -0.4 is 4.90 Å². The number of carbonyl (C=O) groups excluding carboxylic acids is 3. The van der Waals surface area contributed by atoms with Crippen molar-refractivity contribution in [3.63, 3.8) is 0 Å². The fraction of sp³-hybridized carbons (Fsp3) is 0.240. The van der Waals surface area contributed by atoms with Gasteiger partial charge in [-0.1, -0.05) is 61.8 Å². The molecule has 7 heteroatoms. The molecule has 3 aromatic rings. The van der Waals surface area contributed by atoms with E-state index in [9.17, 15) is 14.4 Å². The van der Waals surface area contributed by atoms with Gasteiger partial charge >= 0.3 is 0 Å². The average Bonchev–Trinajstić information content (AvgIpc) is 3.41. The van der Waals surface area contributed by atoms with Crippen molar-refractivity contribution in [2.45, 2.75) is 38.8 Å². The van der Waals surface area contributed by atoms with Gasteiger partial charge in [-0.3, -0.25) is 14.4 Å². The summed E-state index contributed by atoms with van der Waals surface area (Å²) < 4.78 is 0. The number of thiophene rings is 1. The van der Waals surface area contributed by atoms with Crippen molar-refractivity contribution in [1.29, 1.82) is 0 Å². The number of carbonyl (C=O) groups is 3. The van der Waals surface area contributed by atoms with Gasteiger partial charge in [-0.25, -0.2) is 4.90 Å². The van der Waals surface area contributed by atoms with Crippen molar-refractivity contribution in [3.05, 3.63) is 87.1 Å². The predicted octanol–water partition coefficient (Wildman–Crippen LogP) is 5.50. The Morgan fingerprint density at radius 2 is 1.81 bits per heavy atom. The molecule has 1 saturated heterocycles. The second-order valence-electron chi connectivity index (χ2n) is 8.04. The molecular weight excluding hydrogens is 444 g/mol. The standard InChI is InChI=1S/C25H23ClN2O3S/c1-16(2)17-9-11-19(12-10-17)28-23(29)14-21(24(28)30)27(25(31)22-8-5-13-32-22)15-18-6-3-4-7-20(18)26/h3-13,16,21H,14-15H2,1-2H3. The molecule has 1 unspecified atom stereocenters. The maximum atomic E-state index is 13.4. The maximum absolute atomic E-state index is 13.4. The minimum atomic E-state index is -0.891. The molecule has 0 radical (unpaired) electrons. The van der Waals surface area contributed by atoms with Gasteiger partial charge in [0.15, 0.2) is 0 Å². The van der Waals surface area contributed by atoms with Crippen LogP contribution in [0, 0.1) is 0 Å². The first-order valence-electron chi connectivity index (χ1n) is 10.4. The number of anilines is 1. The zero-order valence-corrected chi connectivity index (χ0v) is 19.4. The summed E-state index contributed by atoms with van der Waals surface area (Å²) in [6, 6.07) is 17.2. The molecular formula is C25H23ClN2O3S. The number of hydrogen-bond acceptors (Lipinski definition) is 4. The van der Waals surface area contributed by atoms with Crippen LogP contribution in [0.5, 0.6) is 0 Å². The Morgan fingerprint density at radius 1 is 1.09 bits per heavy atom. The third kappa shape index (κ3) is 4.33. The van der Waals surface area contributed by atoms with Crippen LogP contribution in [0.1, 0.15) is 47.0 Å². The monoisotopic (exact) mass is 466 g/mol. The molecule has 1 aliphatic rings. The summed E-state index contributed by atoms with van der Waals surface area (Å²) in [5.74, 6) is -0.663. The highest BCUT2D eigenvalue weighted by molar-refractivity contribution is 7.12. The normalized spacial score (nSPS) is 16.1. The van der Waals surface area contributed by atoms with Crippen molar-refractivity contribution in [2.75, 3.05) is 4.90 Å². The zero-order valence-electron chi connectivity index (χ0n) is 17.8. The van der Waals surface area contributed by atoms with E-state index in [0.29, 0.717) is 21.5 Å². The summed E-state index contributed by atoms with van der Waals surface area (Å²) in [7, 11) is 0. The summed E-state index contributed by atoms with van der Waals surface area (Å²) in [6.45, 7) is 4.31. The molecule has 1 aromatic heterocycles. The number of rotatable bonds is 6. The Morgan fingerprint density at radius 3 is 2.44 bits per heavy atom. The minimum absolute atomic E-state index is 0.0632. The first-order chi connectivity index (χ1) is 15.4. The fourth-order valence-electron chi connectivity index (χ4n) is 3.81. The second kappa shape index (κ2) is 9.27. The molecule has 1 atom stereocenters. The Hall–Kier alpha value is -2.96. The Bertz CT molecular complexity index is 1140. The van der Waals surface area contributed by atoms with E-state index < -0.39 is 11.9 Å². The molecule has 4 rings (SSSR count). The van der Waals surface area contributed by atoms with Gasteiger partial charge in [-0.15, -0.1) is 11.3 Å². The summed E-state index contributed by atoms with van der Waals surface area (Å²) >= 11 is 7.64. The molecule has 0 saturated carbocycles. The number of amides is 3. The molecule has 5 nitrogen and oxygen atoms in total. The molecule has 164 valence electrons. The molecule has 0 N–H and O–H groups in total. The Kier molecular flexibility index (Phi) is 6.44. The SMILES string of the molecule is CC(C)c1ccc(N2C(=O)CC(N(Cc3ccccc3Cl)C(=O)c3cccs3)C2=O)cc1.